The maximum atomic E-state index is 11.2. The summed E-state index contributed by atoms with van der Waals surface area (Å²) in [6.45, 7) is 5.56. The molecule has 1 amide bonds. The number of aryl methyl sites for hydroxylation is 1. The Morgan fingerprint density at radius 2 is 1.96 bits per heavy atom. The lowest BCUT2D eigenvalue weighted by molar-refractivity contribution is -0.114. The molecule has 0 spiro atoms. The molecule has 0 radical (unpaired) electrons. The predicted molar refractivity (Wildman–Crippen MR) is 112 cm³/mol. The number of rotatable bonds is 3. The minimum absolute atomic E-state index is 0.0911. The van der Waals surface area contributed by atoms with Crippen molar-refractivity contribution in [3.63, 3.8) is 0 Å². The van der Waals surface area contributed by atoms with Crippen molar-refractivity contribution in [2.45, 2.75) is 27.2 Å². The summed E-state index contributed by atoms with van der Waals surface area (Å²) in [4.78, 5) is 20.6. The predicted octanol–water partition coefficient (Wildman–Crippen LogP) is 4.88. The molecule has 0 bridgehead atoms. The van der Waals surface area contributed by atoms with E-state index in [9.17, 15) is 4.79 Å². The first-order chi connectivity index (χ1) is 13.0. The van der Waals surface area contributed by atoms with Gasteiger partial charge >= 0.3 is 0 Å². The number of hydrogen-bond acceptors (Lipinski definition) is 5. The Bertz CT molecular complexity index is 1080. The van der Waals surface area contributed by atoms with E-state index in [1.807, 2.05) is 42.3 Å². The Hall–Kier alpha value is -3.06. The van der Waals surface area contributed by atoms with Crippen molar-refractivity contribution in [3.8, 4) is 0 Å². The topological polar surface area (TPSA) is 70.0 Å². The van der Waals surface area contributed by atoms with Crippen molar-refractivity contribution in [2.24, 2.45) is 10.1 Å². The van der Waals surface area contributed by atoms with E-state index in [1.54, 1.807) is 0 Å². The van der Waals surface area contributed by atoms with E-state index in [0.717, 1.165) is 33.1 Å². The van der Waals surface area contributed by atoms with Gasteiger partial charge in [-0.2, -0.15) is 5.10 Å². The molecule has 2 heterocycles. The number of amidine groups is 1. The minimum Gasteiger partial charge on any atom is -0.326 e. The van der Waals surface area contributed by atoms with Crippen LogP contribution in [0.2, 0.25) is 0 Å². The van der Waals surface area contributed by atoms with E-state index >= 15 is 0 Å². The van der Waals surface area contributed by atoms with Crippen LogP contribution in [0.25, 0.3) is 10.2 Å². The van der Waals surface area contributed by atoms with Gasteiger partial charge in [-0.1, -0.05) is 29.0 Å². The number of benzene rings is 2. The molecule has 0 atom stereocenters. The van der Waals surface area contributed by atoms with Crippen LogP contribution in [0.15, 0.2) is 52.6 Å². The van der Waals surface area contributed by atoms with Crippen LogP contribution < -0.4 is 10.3 Å². The van der Waals surface area contributed by atoms with Crippen LogP contribution in [-0.2, 0) is 4.79 Å². The largest absolute Gasteiger partial charge is 0.326 e. The second kappa shape index (κ2) is 6.92. The molecule has 0 saturated heterocycles. The molecule has 2 aromatic carbocycles. The van der Waals surface area contributed by atoms with Crippen molar-refractivity contribution in [2.75, 3.05) is 10.3 Å². The van der Waals surface area contributed by atoms with Crippen LogP contribution in [-0.4, -0.2) is 22.4 Å². The van der Waals surface area contributed by atoms with Gasteiger partial charge in [0.1, 0.15) is 5.84 Å². The van der Waals surface area contributed by atoms with Crippen LogP contribution in [0.1, 0.15) is 25.8 Å². The number of carbonyl (C=O) groups is 1. The standard InChI is InChI=1S/C20H19N5OS/c1-12-4-7-16(8-5-12)25-19(10-13(2)24-25)23-20-22-17-9-6-15(21-14(3)26)11-18(17)27-20/h4-9,11H,10H2,1-3H3,(H,21,26)/b23-19+. The number of aromatic nitrogens is 1. The van der Waals surface area contributed by atoms with Gasteiger partial charge in [0.2, 0.25) is 11.0 Å². The monoisotopic (exact) mass is 377 g/mol. The Kier molecular flexibility index (Phi) is 4.45. The van der Waals surface area contributed by atoms with Crippen molar-refractivity contribution in [1.29, 1.82) is 0 Å². The molecular weight excluding hydrogens is 358 g/mol. The summed E-state index contributed by atoms with van der Waals surface area (Å²) in [6.07, 6.45) is 0.695. The number of hydrazone groups is 1. The van der Waals surface area contributed by atoms with Crippen molar-refractivity contribution >= 4 is 55.5 Å². The third-order valence-electron chi connectivity index (χ3n) is 4.13. The fourth-order valence-corrected chi connectivity index (χ4v) is 3.79. The van der Waals surface area contributed by atoms with Crippen LogP contribution >= 0.6 is 11.3 Å². The van der Waals surface area contributed by atoms with Gasteiger partial charge in [0.05, 0.1) is 15.9 Å². The molecule has 0 aliphatic carbocycles. The van der Waals surface area contributed by atoms with Gasteiger partial charge in [-0.15, -0.1) is 0 Å². The normalized spacial score (nSPS) is 15.4. The minimum atomic E-state index is -0.0911. The molecule has 4 rings (SSSR count). The summed E-state index contributed by atoms with van der Waals surface area (Å²) in [5.74, 6) is 0.768. The summed E-state index contributed by atoms with van der Waals surface area (Å²) in [7, 11) is 0. The van der Waals surface area contributed by atoms with Gasteiger partial charge in [-0.25, -0.2) is 15.0 Å². The first-order valence-electron chi connectivity index (χ1n) is 8.64. The number of carbonyl (C=O) groups excluding carboxylic acids is 1. The van der Waals surface area contributed by atoms with E-state index in [0.29, 0.717) is 11.6 Å². The zero-order chi connectivity index (χ0) is 19.0. The van der Waals surface area contributed by atoms with Crippen LogP contribution in [0, 0.1) is 6.92 Å². The average molecular weight is 377 g/mol. The number of fused-ring (bicyclic) bond motifs is 1. The lowest BCUT2D eigenvalue weighted by atomic mass is 10.2. The molecule has 1 aromatic heterocycles. The quantitative estimate of drug-likeness (QED) is 0.707. The zero-order valence-corrected chi connectivity index (χ0v) is 16.2. The van der Waals surface area contributed by atoms with Gasteiger partial charge in [-0.05, 0) is 44.2 Å². The molecule has 3 aromatic rings. The van der Waals surface area contributed by atoms with Crippen molar-refractivity contribution < 1.29 is 4.79 Å². The second-order valence-corrected chi connectivity index (χ2v) is 7.56. The van der Waals surface area contributed by atoms with Gasteiger partial charge in [0, 0.05) is 24.7 Å². The Labute approximate surface area is 161 Å². The second-order valence-electron chi connectivity index (χ2n) is 6.55. The Balaban J connectivity index is 1.67. The van der Waals surface area contributed by atoms with Crippen LogP contribution in [0.3, 0.4) is 0 Å². The smallest absolute Gasteiger partial charge is 0.221 e. The van der Waals surface area contributed by atoms with E-state index in [4.69, 9.17) is 4.99 Å². The summed E-state index contributed by atoms with van der Waals surface area (Å²) in [5, 5.41) is 9.97. The molecule has 6 nitrogen and oxygen atoms in total. The molecular formula is C20H19N5OS. The van der Waals surface area contributed by atoms with Gasteiger partial charge < -0.3 is 5.32 Å². The Morgan fingerprint density at radius 1 is 1.19 bits per heavy atom. The summed E-state index contributed by atoms with van der Waals surface area (Å²) < 4.78 is 0.984. The number of hydrogen-bond donors (Lipinski definition) is 1. The van der Waals surface area contributed by atoms with Crippen molar-refractivity contribution in [3.05, 3.63) is 48.0 Å². The fraction of sp³-hybridized carbons (Fsp3) is 0.200. The fourth-order valence-electron chi connectivity index (χ4n) is 2.90. The Morgan fingerprint density at radius 3 is 2.70 bits per heavy atom. The maximum Gasteiger partial charge on any atom is 0.221 e. The average Bonchev–Trinajstić information content (AvgIpc) is 3.17. The van der Waals surface area contributed by atoms with Crippen LogP contribution in [0.5, 0.6) is 0 Å². The van der Waals surface area contributed by atoms with Crippen molar-refractivity contribution in [1.82, 2.24) is 4.98 Å². The SMILES string of the molecule is CC(=O)Nc1ccc2nc(/N=C3\CC(C)=NN3c3ccc(C)cc3)sc2c1. The van der Waals surface area contributed by atoms with E-state index in [-0.39, 0.29) is 5.91 Å². The number of aliphatic imine (C=N–C) groups is 1. The summed E-state index contributed by atoms with van der Waals surface area (Å²) >= 11 is 1.50. The third kappa shape index (κ3) is 3.73. The summed E-state index contributed by atoms with van der Waals surface area (Å²) in [6, 6.07) is 13.9. The highest BCUT2D eigenvalue weighted by Crippen LogP contribution is 2.32. The number of thiazole rings is 1. The third-order valence-corrected chi connectivity index (χ3v) is 5.04. The number of nitrogens with one attached hydrogen (secondary N) is 1. The molecule has 0 saturated carbocycles. The first kappa shape index (κ1) is 17.4. The molecule has 1 aliphatic heterocycles. The van der Waals surface area contributed by atoms with E-state index < -0.39 is 0 Å². The number of anilines is 2. The van der Waals surface area contributed by atoms with E-state index in [2.05, 4.69) is 34.5 Å². The molecule has 1 N–H and O–H groups in total. The van der Waals surface area contributed by atoms with Crippen LogP contribution in [0.4, 0.5) is 16.5 Å². The van der Waals surface area contributed by atoms with Gasteiger partial charge in [-0.3, -0.25) is 4.79 Å². The summed E-state index contributed by atoms with van der Waals surface area (Å²) in [5.41, 5.74) is 4.84. The van der Waals surface area contributed by atoms with Gasteiger partial charge in [0.15, 0.2) is 0 Å². The maximum absolute atomic E-state index is 11.2. The highest BCUT2D eigenvalue weighted by Gasteiger charge is 2.21. The van der Waals surface area contributed by atoms with Gasteiger partial charge in [0.25, 0.3) is 0 Å². The molecule has 0 unspecified atom stereocenters. The first-order valence-corrected chi connectivity index (χ1v) is 9.46. The molecule has 136 valence electrons. The molecule has 27 heavy (non-hydrogen) atoms. The van der Waals surface area contributed by atoms with E-state index in [1.165, 1.54) is 23.8 Å². The highest BCUT2D eigenvalue weighted by atomic mass is 32.1. The molecule has 7 heteroatoms. The number of nitrogens with zero attached hydrogens (tertiary/aromatic N) is 4. The molecule has 1 aliphatic rings. The number of amides is 1. The lowest BCUT2D eigenvalue weighted by Gasteiger charge is -2.15. The highest BCUT2D eigenvalue weighted by molar-refractivity contribution is 7.22. The lowest BCUT2D eigenvalue weighted by Crippen LogP contribution is -2.19. The zero-order valence-electron chi connectivity index (χ0n) is 15.4. The molecule has 0 fully saturated rings.